The summed E-state index contributed by atoms with van der Waals surface area (Å²) in [6.45, 7) is 6.93. The van der Waals surface area contributed by atoms with Gasteiger partial charge in [0.15, 0.2) is 0 Å². The van der Waals surface area contributed by atoms with Crippen LogP contribution in [-0.2, 0) is 13.0 Å². The molecule has 5 heteroatoms. The van der Waals surface area contributed by atoms with Crippen LogP contribution in [0.15, 0.2) is 48.7 Å². The minimum Gasteiger partial charge on any atom is -0.338 e. The highest BCUT2D eigenvalue weighted by Gasteiger charge is 2.20. The predicted molar refractivity (Wildman–Crippen MR) is 99.4 cm³/mol. The van der Waals surface area contributed by atoms with Crippen molar-refractivity contribution in [3.05, 3.63) is 65.5 Å². The summed E-state index contributed by atoms with van der Waals surface area (Å²) in [7, 11) is 0. The van der Waals surface area contributed by atoms with E-state index in [4.69, 9.17) is 0 Å². The van der Waals surface area contributed by atoms with Crippen molar-refractivity contribution >= 4 is 6.03 Å². The number of benzene rings is 1. The Hall–Kier alpha value is -2.40. The minimum absolute atomic E-state index is 0.0459. The third-order valence-electron chi connectivity index (χ3n) is 4.58. The van der Waals surface area contributed by atoms with Crippen LogP contribution in [0.1, 0.15) is 16.8 Å². The van der Waals surface area contributed by atoms with Crippen LogP contribution in [0.3, 0.4) is 0 Å². The second kappa shape index (κ2) is 8.62. The first kappa shape index (κ1) is 17.4. The third-order valence-corrected chi connectivity index (χ3v) is 4.58. The van der Waals surface area contributed by atoms with Crippen molar-refractivity contribution < 1.29 is 4.79 Å². The molecule has 2 aromatic rings. The molecule has 132 valence electrons. The van der Waals surface area contributed by atoms with Gasteiger partial charge in [0, 0.05) is 45.5 Å². The van der Waals surface area contributed by atoms with E-state index in [1.54, 1.807) is 0 Å². The summed E-state index contributed by atoms with van der Waals surface area (Å²) >= 11 is 0. The Labute approximate surface area is 149 Å². The molecule has 0 bridgehead atoms. The van der Waals surface area contributed by atoms with Gasteiger partial charge in [0.1, 0.15) is 0 Å². The van der Waals surface area contributed by atoms with Gasteiger partial charge in [0.2, 0.25) is 0 Å². The standard InChI is InChI=1S/C20H26N4O/c1-17-5-7-18(8-6-17)9-11-22-20(25)24-14-12-23(13-15-24)16-19-4-2-3-10-21-19/h2-8,10H,9,11-16H2,1H3,(H,22,25). The molecule has 0 radical (unpaired) electrons. The number of nitrogens with one attached hydrogen (secondary N) is 1. The van der Waals surface area contributed by atoms with Gasteiger partial charge in [-0.25, -0.2) is 4.79 Å². The lowest BCUT2D eigenvalue weighted by Gasteiger charge is -2.34. The monoisotopic (exact) mass is 338 g/mol. The highest BCUT2D eigenvalue weighted by Crippen LogP contribution is 2.07. The van der Waals surface area contributed by atoms with Gasteiger partial charge in [-0.15, -0.1) is 0 Å². The molecule has 0 unspecified atom stereocenters. The smallest absolute Gasteiger partial charge is 0.317 e. The van der Waals surface area contributed by atoms with Gasteiger partial charge in [0.05, 0.1) is 5.69 Å². The molecule has 1 aliphatic heterocycles. The fraction of sp³-hybridized carbons (Fsp3) is 0.400. The topological polar surface area (TPSA) is 48.5 Å². The lowest BCUT2D eigenvalue weighted by atomic mass is 10.1. The summed E-state index contributed by atoms with van der Waals surface area (Å²) in [6, 6.07) is 14.5. The van der Waals surface area contributed by atoms with Crippen molar-refractivity contribution in [2.75, 3.05) is 32.7 Å². The Morgan fingerprint density at radius 2 is 1.84 bits per heavy atom. The second-order valence-corrected chi connectivity index (χ2v) is 6.55. The maximum absolute atomic E-state index is 12.3. The number of aromatic nitrogens is 1. The van der Waals surface area contributed by atoms with Gasteiger partial charge in [-0.05, 0) is 31.0 Å². The molecule has 1 aromatic heterocycles. The Morgan fingerprint density at radius 1 is 1.08 bits per heavy atom. The van der Waals surface area contributed by atoms with E-state index in [0.717, 1.165) is 44.8 Å². The first-order valence-electron chi connectivity index (χ1n) is 8.91. The zero-order valence-corrected chi connectivity index (χ0v) is 14.8. The number of carbonyl (C=O) groups is 1. The van der Waals surface area contributed by atoms with Crippen molar-refractivity contribution in [2.24, 2.45) is 0 Å². The van der Waals surface area contributed by atoms with Crippen LogP contribution in [0.2, 0.25) is 0 Å². The highest BCUT2D eigenvalue weighted by molar-refractivity contribution is 5.74. The number of nitrogens with zero attached hydrogens (tertiary/aromatic N) is 3. The molecular weight excluding hydrogens is 312 g/mol. The molecule has 0 spiro atoms. The fourth-order valence-electron chi connectivity index (χ4n) is 3.01. The summed E-state index contributed by atoms with van der Waals surface area (Å²) in [5.74, 6) is 0. The van der Waals surface area contributed by atoms with E-state index in [1.807, 2.05) is 29.3 Å². The molecule has 3 rings (SSSR count). The van der Waals surface area contributed by atoms with Gasteiger partial charge in [-0.3, -0.25) is 9.88 Å². The first-order valence-corrected chi connectivity index (χ1v) is 8.91. The molecule has 2 amide bonds. The van der Waals surface area contributed by atoms with Crippen LogP contribution < -0.4 is 5.32 Å². The molecule has 1 aliphatic rings. The molecule has 0 saturated carbocycles. The lowest BCUT2D eigenvalue weighted by molar-refractivity contribution is 0.134. The van der Waals surface area contributed by atoms with Crippen molar-refractivity contribution in [3.8, 4) is 0 Å². The Bertz CT molecular complexity index is 664. The van der Waals surface area contributed by atoms with Crippen LogP contribution >= 0.6 is 0 Å². The van der Waals surface area contributed by atoms with Crippen LogP contribution in [0.4, 0.5) is 4.79 Å². The molecule has 25 heavy (non-hydrogen) atoms. The number of urea groups is 1. The molecule has 0 atom stereocenters. The summed E-state index contributed by atoms with van der Waals surface area (Å²) < 4.78 is 0. The Morgan fingerprint density at radius 3 is 2.52 bits per heavy atom. The average molecular weight is 338 g/mol. The quantitative estimate of drug-likeness (QED) is 0.911. The first-order chi connectivity index (χ1) is 12.2. The van der Waals surface area contributed by atoms with Crippen molar-refractivity contribution in [1.29, 1.82) is 0 Å². The number of carbonyl (C=O) groups excluding carboxylic acids is 1. The molecule has 1 saturated heterocycles. The third kappa shape index (κ3) is 5.29. The van der Waals surface area contributed by atoms with Crippen molar-refractivity contribution in [3.63, 3.8) is 0 Å². The highest BCUT2D eigenvalue weighted by atomic mass is 16.2. The number of amides is 2. The van der Waals surface area contributed by atoms with E-state index in [1.165, 1.54) is 11.1 Å². The summed E-state index contributed by atoms with van der Waals surface area (Å²) in [5.41, 5.74) is 3.60. The van der Waals surface area contributed by atoms with Gasteiger partial charge < -0.3 is 10.2 Å². The van der Waals surface area contributed by atoms with Crippen molar-refractivity contribution in [1.82, 2.24) is 20.1 Å². The molecule has 1 fully saturated rings. The van der Waals surface area contributed by atoms with E-state index in [-0.39, 0.29) is 6.03 Å². The number of piperazine rings is 1. The zero-order chi connectivity index (χ0) is 17.5. The summed E-state index contributed by atoms with van der Waals surface area (Å²) in [6.07, 6.45) is 2.69. The number of hydrogen-bond acceptors (Lipinski definition) is 3. The zero-order valence-electron chi connectivity index (χ0n) is 14.8. The average Bonchev–Trinajstić information content (AvgIpc) is 2.65. The maximum Gasteiger partial charge on any atom is 0.317 e. The maximum atomic E-state index is 12.3. The van der Waals surface area contributed by atoms with E-state index in [9.17, 15) is 4.79 Å². The minimum atomic E-state index is 0.0459. The van der Waals surface area contributed by atoms with E-state index in [0.29, 0.717) is 6.54 Å². The predicted octanol–water partition coefficient (Wildman–Crippen LogP) is 2.46. The normalized spacial score (nSPS) is 15.2. The van der Waals surface area contributed by atoms with Crippen LogP contribution in [0.5, 0.6) is 0 Å². The molecule has 1 N–H and O–H groups in total. The molecule has 2 heterocycles. The van der Waals surface area contributed by atoms with Gasteiger partial charge in [0.25, 0.3) is 0 Å². The van der Waals surface area contributed by atoms with Gasteiger partial charge in [-0.1, -0.05) is 35.9 Å². The van der Waals surface area contributed by atoms with E-state index in [2.05, 4.69) is 46.4 Å². The van der Waals surface area contributed by atoms with E-state index < -0.39 is 0 Å². The lowest BCUT2D eigenvalue weighted by Crippen LogP contribution is -2.51. The number of aryl methyl sites for hydroxylation is 1. The Kier molecular flexibility index (Phi) is 6.01. The summed E-state index contributed by atoms with van der Waals surface area (Å²) in [4.78, 5) is 20.9. The SMILES string of the molecule is Cc1ccc(CCNC(=O)N2CCN(Cc3ccccn3)CC2)cc1. The number of pyridine rings is 1. The second-order valence-electron chi connectivity index (χ2n) is 6.55. The largest absolute Gasteiger partial charge is 0.338 e. The van der Waals surface area contributed by atoms with Crippen molar-refractivity contribution in [2.45, 2.75) is 19.9 Å². The molecule has 5 nitrogen and oxygen atoms in total. The van der Waals surface area contributed by atoms with Gasteiger partial charge in [-0.2, -0.15) is 0 Å². The Balaban J connectivity index is 1.37. The van der Waals surface area contributed by atoms with Crippen LogP contribution in [0.25, 0.3) is 0 Å². The molecule has 0 aliphatic carbocycles. The fourth-order valence-corrected chi connectivity index (χ4v) is 3.01. The van der Waals surface area contributed by atoms with Crippen LogP contribution in [0, 0.1) is 6.92 Å². The number of rotatable bonds is 5. The van der Waals surface area contributed by atoms with E-state index >= 15 is 0 Å². The van der Waals surface area contributed by atoms with Crippen LogP contribution in [-0.4, -0.2) is 53.5 Å². The summed E-state index contributed by atoms with van der Waals surface area (Å²) in [5, 5.41) is 3.04. The molecule has 1 aromatic carbocycles. The molecular formula is C20H26N4O. The van der Waals surface area contributed by atoms with Gasteiger partial charge >= 0.3 is 6.03 Å². The number of hydrogen-bond donors (Lipinski definition) is 1.